The molecule has 0 saturated heterocycles. The topological polar surface area (TPSA) is 64.6 Å². The van der Waals surface area contributed by atoms with E-state index < -0.39 is 12.1 Å². The molecule has 0 atom stereocenters. The van der Waals surface area contributed by atoms with Gasteiger partial charge in [-0.2, -0.15) is 0 Å². The van der Waals surface area contributed by atoms with Gasteiger partial charge >= 0.3 is 12.1 Å². The fourth-order valence-corrected chi connectivity index (χ4v) is 1.22. The molecule has 0 bridgehead atoms. The third-order valence-corrected chi connectivity index (χ3v) is 2.40. The van der Waals surface area contributed by atoms with E-state index in [9.17, 15) is 9.59 Å². The summed E-state index contributed by atoms with van der Waals surface area (Å²) < 4.78 is 9.87. The monoisotopic (exact) mass is 317 g/mol. The first-order valence-corrected chi connectivity index (χ1v) is 7.00. The van der Waals surface area contributed by atoms with E-state index in [1.165, 1.54) is 0 Å². The van der Waals surface area contributed by atoms with Gasteiger partial charge in [0.2, 0.25) is 0 Å². The first-order chi connectivity index (χ1) is 11.0. The van der Waals surface area contributed by atoms with E-state index in [-0.39, 0.29) is 19.8 Å². The molecule has 5 heteroatoms. The van der Waals surface area contributed by atoms with E-state index in [0.29, 0.717) is 5.57 Å². The van der Waals surface area contributed by atoms with Gasteiger partial charge in [0.15, 0.2) is 0 Å². The number of rotatable bonds is 10. The molecular weight excluding hydrogens is 294 g/mol. The molecule has 23 heavy (non-hydrogen) atoms. The van der Waals surface area contributed by atoms with Crippen LogP contribution in [0.25, 0.3) is 0 Å². The second kappa shape index (κ2) is 12.9. The molecule has 0 heterocycles. The number of amides is 1. The summed E-state index contributed by atoms with van der Waals surface area (Å²) in [5.74, 6) is -0.580. The minimum Gasteiger partial charge on any atom is -0.460 e. The molecule has 0 aromatic heterocycles. The fourth-order valence-electron chi connectivity index (χ4n) is 1.22. The Kier molecular flexibility index (Phi) is 11.3. The zero-order valence-corrected chi connectivity index (χ0v) is 13.4. The van der Waals surface area contributed by atoms with Gasteiger partial charge < -0.3 is 14.8 Å². The third-order valence-electron chi connectivity index (χ3n) is 2.40. The Morgan fingerprint density at radius 2 is 1.87 bits per heavy atom. The number of hydrogen-bond acceptors (Lipinski definition) is 4. The number of allylic oxidation sites excluding steroid dienone is 5. The van der Waals surface area contributed by atoms with Crippen LogP contribution in [0.15, 0.2) is 73.4 Å². The van der Waals surface area contributed by atoms with Crippen molar-refractivity contribution >= 4 is 12.1 Å². The van der Waals surface area contributed by atoms with Crippen LogP contribution in [0.3, 0.4) is 0 Å². The SMILES string of the molecule is C=C/C=C\C(=C)COC(=O)CNC(=O)OC/C(C=C)=C/C=C\C. The van der Waals surface area contributed by atoms with Crippen LogP contribution in [-0.4, -0.2) is 31.8 Å². The minimum atomic E-state index is -0.708. The molecule has 0 aromatic carbocycles. The van der Waals surface area contributed by atoms with Gasteiger partial charge in [0.1, 0.15) is 19.8 Å². The summed E-state index contributed by atoms with van der Waals surface area (Å²) in [6.07, 6.45) is 11.3. The van der Waals surface area contributed by atoms with Crippen molar-refractivity contribution < 1.29 is 19.1 Å². The summed E-state index contributed by atoms with van der Waals surface area (Å²) in [6, 6.07) is 0. The quantitative estimate of drug-likeness (QED) is 0.496. The van der Waals surface area contributed by atoms with E-state index in [1.54, 1.807) is 30.4 Å². The molecule has 0 radical (unpaired) electrons. The highest BCUT2D eigenvalue weighted by Gasteiger charge is 2.07. The van der Waals surface area contributed by atoms with Gasteiger partial charge in [0, 0.05) is 0 Å². The van der Waals surface area contributed by atoms with E-state index >= 15 is 0 Å². The molecule has 0 unspecified atom stereocenters. The van der Waals surface area contributed by atoms with Crippen molar-refractivity contribution in [2.45, 2.75) is 6.92 Å². The molecule has 5 nitrogen and oxygen atoms in total. The lowest BCUT2D eigenvalue weighted by Gasteiger charge is -2.08. The van der Waals surface area contributed by atoms with Gasteiger partial charge in [-0.25, -0.2) is 4.79 Å². The second-order valence-electron chi connectivity index (χ2n) is 4.31. The van der Waals surface area contributed by atoms with Gasteiger partial charge in [-0.15, -0.1) is 0 Å². The summed E-state index contributed by atoms with van der Waals surface area (Å²) >= 11 is 0. The van der Waals surface area contributed by atoms with Crippen LogP contribution in [0, 0.1) is 0 Å². The summed E-state index contributed by atoms with van der Waals surface area (Å²) in [5.41, 5.74) is 1.36. The minimum absolute atomic E-state index is 0.0482. The van der Waals surface area contributed by atoms with Gasteiger partial charge in [-0.1, -0.05) is 62.3 Å². The van der Waals surface area contributed by atoms with E-state index in [1.807, 2.05) is 19.1 Å². The highest BCUT2D eigenvalue weighted by Crippen LogP contribution is 1.98. The fraction of sp³-hybridized carbons (Fsp3) is 0.222. The Bertz CT molecular complexity index is 527. The number of hydrogen-bond donors (Lipinski definition) is 1. The molecular formula is C18H23NO4. The lowest BCUT2D eigenvalue weighted by atomic mass is 10.2. The van der Waals surface area contributed by atoms with E-state index in [2.05, 4.69) is 25.1 Å². The number of ether oxygens (including phenoxy) is 2. The number of carbonyl (C=O) groups is 2. The van der Waals surface area contributed by atoms with Gasteiger partial charge in [-0.3, -0.25) is 4.79 Å². The van der Waals surface area contributed by atoms with Crippen LogP contribution in [0.2, 0.25) is 0 Å². The first-order valence-electron chi connectivity index (χ1n) is 7.00. The van der Waals surface area contributed by atoms with Crippen molar-refractivity contribution in [3.05, 3.63) is 73.4 Å². The summed E-state index contributed by atoms with van der Waals surface area (Å²) in [7, 11) is 0. The molecule has 0 aliphatic rings. The molecule has 1 N–H and O–H groups in total. The Hall–Kier alpha value is -2.82. The predicted molar refractivity (Wildman–Crippen MR) is 91.9 cm³/mol. The van der Waals surface area contributed by atoms with Crippen LogP contribution >= 0.6 is 0 Å². The van der Waals surface area contributed by atoms with Crippen molar-refractivity contribution in [3.63, 3.8) is 0 Å². The lowest BCUT2D eigenvalue weighted by molar-refractivity contribution is -0.141. The van der Waals surface area contributed by atoms with Crippen LogP contribution in [0.1, 0.15) is 6.92 Å². The molecule has 1 amide bonds. The first kappa shape index (κ1) is 20.2. The van der Waals surface area contributed by atoms with Crippen molar-refractivity contribution in [1.82, 2.24) is 5.32 Å². The summed E-state index contributed by atoms with van der Waals surface area (Å²) in [5, 5.41) is 2.31. The smallest absolute Gasteiger partial charge is 0.407 e. The van der Waals surface area contributed by atoms with Crippen LogP contribution < -0.4 is 5.32 Å². The number of carbonyl (C=O) groups excluding carboxylic acids is 2. The normalized spacial score (nSPS) is 11.3. The van der Waals surface area contributed by atoms with Crippen LogP contribution in [0.4, 0.5) is 4.79 Å². The molecule has 0 aliphatic heterocycles. The Labute approximate surface area is 137 Å². The van der Waals surface area contributed by atoms with Crippen molar-refractivity contribution in [1.29, 1.82) is 0 Å². The lowest BCUT2D eigenvalue weighted by Crippen LogP contribution is -2.31. The standard InChI is InChI=1S/C18H23NO4/c1-5-8-10-15(4)13-22-17(20)12-19-18(21)23-14-16(7-3)11-9-6-2/h5-11H,1,3-4,12-14H2,2H3,(H,19,21)/b9-6-,10-8-,16-11+. The molecule has 0 aromatic rings. The third kappa shape index (κ3) is 11.5. The number of alkyl carbamates (subject to hydrolysis) is 1. The van der Waals surface area contributed by atoms with Gasteiger partial charge in [0.25, 0.3) is 0 Å². The molecule has 0 rings (SSSR count). The maximum atomic E-state index is 11.5. The van der Waals surface area contributed by atoms with E-state index in [0.717, 1.165) is 5.57 Å². The van der Waals surface area contributed by atoms with Crippen molar-refractivity contribution in [2.75, 3.05) is 19.8 Å². The molecule has 0 aliphatic carbocycles. The molecule has 0 fully saturated rings. The van der Waals surface area contributed by atoms with Crippen molar-refractivity contribution in [2.24, 2.45) is 0 Å². The summed E-state index contributed by atoms with van der Waals surface area (Å²) in [4.78, 5) is 22.9. The number of nitrogens with one attached hydrogen (secondary N) is 1. The number of esters is 1. The second-order valence-corrected chi connectivity index (χ2v) is 4.31. The summed E-state index contributed by atoms with van der Waals surface area (Å²) in [6.45, 7) is 12.5. The van der Waals surface area contributed by atoms with Gasteiger partial charge in [0.05, 0.1) is 0 Å². The Morgan fingerprint density at radius 3 is 2.48 bits per heavy atom. The van der Waals surface area contributed by atoms with E-state index in [4.69, 9.17) is 9.47 Å². The zero-order chi connectivity index (χ0) is 17.5. The highest BCUT2D eigenvalue weighted by molar-refractivity contribution is 5.78. The van der Waals surface area contributed by atoms with Crippen molar-refractivity contribution in [3.8, 4) is 0 Å². The maximum Gasteiger partial charge on any atom is 0.407 e. The predicted octanol–water partition coefficient (Wildman–Crippen LogP) is 3.24. The zero-order valence-electron chi connectivity index (χ0n) is 13.4. The van der Waals surface area contributed by atoms with Crippen LogP contribution in [0.5, 0.6) is 0 Å². The molecule has 0 saturated carbocycles. The highest BCUT2D eigenvalue weighted by atomic mass is 16.6. The van der Waals surface area contributed by atoms with Gasteiger partial charge in [-0.05, 0) is 18.1 Å². The maximum absolute atomic E-state index is 11.5. The average Bonchev–Trinajstić information content (AvgIpc) is 2.56. The Morgan fingerprint density at radius 1 is 1.13 bits per heavy atom. The molecule has 0 spiro atoms. The van der Waals surface area contributed by atoms with Crippen LogP contribution in [-0.2, 0) is 14.3 Å². The Balaban J connectivity index is 4.02. The molecule has 124 valence electrons. The largest absolute Gasteiger partial charge is 0.460 e. The average molecular weight is 317 g/mol.